The second-order valence-electron chi connectivity index (χ2n) is 5.16. The number of rotatable bonds is 3. The maximum atomic E-state index is 9.31. The smallest absolute Gasteiger partial charge is 0.136 e. The van der Waals surface area contributed by atoms with Crippen LogP contribution in [0.25, 0.3) is 0 Å². The minimum Gasteiger partial charge on any atom is -0.495 e. The Morgan fingerprint density at radius 1 is 1.47 bits per heavy atom. The van der Waals surface area contributed by atoms with E-state index in [1.807, 2.05) is 18.2 Å². The van der Waals surface area contributed by atoms with E-state index >= 15 is 0 Å². The lowest BCUT2D eigenvalue weighted by atomic mass is 10.0. The molecule has 0 amide bonds. The van der Waals surface area contributed by atoms with Gasteiger partial charge in [-0.05, 0) is 34.9 Å². The first-order valence-corrected chi connectivity index (χ1v) is 5.75. The van der Waals surface area contributed by atoms with Gasteiger partial charge >= 0.3 is 0 Å². The third-order valence-corrected chi connectivity index (χ3v) is 3.95. The zero-order valence-corrected chi connectivity index (χ0v) is 10.4. The predicted octanol–water partition coefficient (Wildman–Crippen LogP) is 2.30. The highest BCUT2D eigenvalue weighted by molar-refractivity contribution is 5.48. The summed E-state index contributed by atoms with van der Waals surface area (Å²) >= 11 is 0. The van der Waals surface area contributed by atoms with Gasteiger partial charge in [0, 0.05) is 6.61 Å². The molecule has 0 aliphatic heterocycles. The average molecular weight is 231 g/mol. The van der Waals surface area contributed by atoms with E-state index in [1.54, 1.807) is 7.11 Å². The first-order chi connectivity index (χ1) is 8.06. The summed E-state index contributed by atoms with van der Waals surface area (Å²) in [6.07, 6.45) is 0. The van der Waals surface area contributed by atoms with E-state index in [0.717, 1.165) is 5.56 Å². The van der Waals surface area contributed by atoms with E-state index in [-0.39, 0.29) is 12.0 Å². The Labute approximate surface area is 102 Å². The first-order valence-electron chi connectivity index (χ1n) is 5.75. The number of nitrogens with zero attached hydrogens (tertiary/aromatic N) is 1. The monoisotopic (exact) mass is 231 g/mol. The zero-order chi connectivity index (χ0) is 12.6. The van der Waals surface area contributed by atoms with Gasteiger partial charge in [-0.15, -0.1) is 0 Å². The van der Waals surface area contributed by atoms with Crippen molar-refractivity contribution in [2.24, 2.45) is 11.3 Å². The lowest BCUT2D eigenvalue weighted by molar-refractivity contribution is 0.257. The van der Waals surface area contributed by atoms with Crippen LogP contribution in [0.2, 0.25) is 0 Å². The quantitative estimate of drug-likeness (QED) is 0.868. The third kappa shape index (κ3) is 1.79. The van der Waals surface area contributed by atoms with Crippen LogP contribution in [0.5, 0.6) is 5.75 Å². The molecular formula is C14H17NO2. The summed E-state index contributed by atoms with van der Waals surface area (Å²) in [5, 5.41) is 18.4. The lowest BCUT2D eigenvalue weighted by Gasteiger charge is -2.07. The minimum atomic E-state index is 0.121. The zero-order valence-electron chi connectivity index (χ0n) is 10.4. The van der Waals surface area contributed by atoms with E-state index in [0.29, 0.717) is 23.1 Å². The van der Waals surface area contributed by atoms with Crippen LogP contribution in [0.4, 0.5) is 0 Å². The van der Waals surface area contributed by atoms with Gasteiger partial charge < -0.3 is 9.84 Å². The van der Waals surface area contributed by atoms with Gasteiger partial charge in [0.2, 0.25) is 0 Å². The highest BCUT2D eigenvalue weighted by Gasteiger charge is 2.57. The standard InChI is InChI=1S/C14H17NO2/c1-14(2)11(8-16)13(14)9-4-5-12(17-3)10(6-9)7-15/h4-6,11,13,16H,8H2,1-3H3. The van der Waals surface area contributed by atoms with Gasteiger partial charge in [-0.1, -0.05) is 19.9 Å². The Morgan fingerprint density at radius 3 is 2.65 bits per heavy atom. The molecule has 1 aromatic rings. The van der Waals surface area contributed by atoms with Gasteiger partial charge in [0.25, 0.3) is 0 Å². The summed E-state index contributed by atoms with van der Waals surface area (Å²) in [7, 11) is 1.56. The van der Waals surface area contributed by atoms with E-state index in [2.05, 4.69) is 19.9 Å². The highest BCUT2D eigenvalue weighted by atomic mass is 16.5. The second kappa shape index (κ2) is 4.05. The second-order valence-corrected chi connectivity index (χ2v) is 5.16. The number of aliphatic hydroxyl groups excluding tert-OH is 1. The van der Waals surface area contributed by atoms with Crippen molar-refractivity contribution in [3.05, 3.63) is 29.3 Å². The van der Waals surface area contributed by atoms with Crippen molar-refractivity contribution in [1.29, 1.82) is 5.26 Å². The molecule has 1 aromatic carbocycles. The topological polar surface area (TPSA) is 53.2 Å². The Hall–Kier alpha value is -1.53. The lowest BCUT2D eigenvalue weighted by Crippen LogP contribution is -1.93. The fourth-order valence-corrected chi connectivity index (χ4v) is 2.75. The van der Waals surface area contributed by atoms with Crippen molar-refractivity contribution in [3.8, 4) is 11.8 Å². The number of nitriles is 1. The van der Waals surface area contributed by atoms with Crippen molar-refractivity contribution in [2.45, 2.75) is 19.8 Å². The van der Waals surface area contributed by atoms with Crippen LogP contribution in [0.3, 0.4) is 0 Å². The van der Waals surface area contributed by atoms with E-state index < -0.39 is 0 Å². The summed E-state index contributed by atoms with van der Waals surface area (Å²) in [6.45, 7) is 4.50. The molecule has 0 bridgehead atoms. The van der Waals surface area contributed by atoms with Crippen molar-refractivity contribution in [3.63, 3.8) is 0 Å². The van der Waals surface area contributed by atoms with Crippen LogP contribution in [0, 0.1) is 22.7 Å². The van der Waals surface area contributed by atoms with Crippen LogP contribution >= 0.6 is 0 Å². The van der Waals surface area contributed by atoms with E-state index in [4.69, 9.17) is 10.00 Å². The van der Waals surface area contributed by atoms with E-state index in [9.17, 15) is 5.11 Å². The molecule has 17 heavy (non-hydrogen) atoms. The van der Waals surface area contributed by atoms with Crippen molar-refractivity contribution < 1.29 is 9.84 Å². The summed E-state index contributed by atoms with van der Waals surface area (Å²) in [6, 6.07) is 7.84. The van der Waals surface area contributed by atoms with E-state index in [1.165, 1.54) is 0 Å². The summed E-state index contributed by atoms with van der Waals surface area (Å²) in [4.78, 5) is 0. The highest BCUT2D eigenvalue weighted by Crippen LogP contribution is 2.64. The number of hydrogen-bond donors (Lipinski definition) is 1. The van der Waals surface area contributed by atoms with Gasteiger partial charge in [-0.2, -0.15) is 5.26 Å². The van der Waals surface area contributed by atoms with Crippen LogP contribution in [-0.4, -0.2) is 18.8 Å². The van der Waals surface area contributed by atoms with Crippen LogP contribution in [0.1, 0.15) is 30.9 Å². The molecule has 1 saturated carbocycles. The molecule has 3 heteroatoms. The molecule has 1 aliphatic carbocycles. The molecule has 3 nitrogen and oxygen atoms in total. The molecule has 2 atom stereocenters. The van der Waals surface area contributed by atoms with Gasteiger partial charge in [0.15, 0.2) is 0 Å². The normalized spacial score (nSPS) is 25.1. The number of methoxy groups -OCH3 is 1. The summed E-state index contributed by atoms with van der Waals surface area (Å²) in [5.41, 5.74) is 1.80. The molecule has 2 rings (SSSR count). The minimum absolute atomic E-state index is 0.121. The van der Waals surface area contributed by atoms with Crippen molar-refractivity contribution in [1.82, 2.24) is 0 Å². The van der Waals surface area contributed by atoms with Gasteiger partial charge in [-0.25, -0.2) is 0 Å². The molecule has 2 unspecified atom stereocenters. The SMILES string of the molecule is COc1ccc(C2C(CO)C2(C)C)cc1C#N. The summed E-state index contributed by atoms with van der Waals surface area (Å²) < 4.78 is 5.12. The number of hydrogen-bond acceptors (Lipinski definition) is 3. The fourth-order valence-electron chi connectivity index (χ4n) is 2.75. The summed E-state index contributed by atoms with van der Waals surface area (Å²) in [5.74, 6) is 1.24. The molecule has 0 saturated heterocycles. The molecule has 1 N–H and O–H groups in total. The molecule has 0 spiro atoms. The van der Waals surface area contributed by atoms with Gasteiger partial charge in [-0.3, -0.25) is 0 Å². The Balaban J connectivity index is 2.34. The van der Waals surface area contributed by atoms with Crippen molar-refractivity contribution in [2.75, 3.05) is 13.7 Å². The molecular weight excluding hydrogens is 214 g/mol. The van der Waals surface area contributed by atoms with Crippen LogP contribution in [-0.2, 0) is 0 Å². The van der Waals surface area contributed by atoms with Crippen molar-refractivity contribution >= 4 is 0 Å². The molecule has 0 aromatic heterocycles. The Bertz CT molecular complexity index is 474. The predicted molar refractivity (Wildman–Crippen MR) is 64.8 cm³/mol. The maximum Gasteiger partial charge on any atom is 0.136 e. The van der Waals surface area contributed by atoms with Gasteiger partial charge in [0.1, 0.15) is 11.8 Å². The largest absolute Gasteiger partial charge is 0.495 e. The molecule has 0 radical (unpaired) electrons. The third-order valence-electron chi connectivity index (χ3n) is 3.95. The fraction of sp³-hybridized carbons (Fsp3) is 0.500. The molecule has 0 heterocycles. The average Bonchev–Trinajstić information content (AvgIpc) is 2.90. The molecule has 1 aliphatic rings. The van der Waals surface area contributed by atoms with Crippen LogP contribution < -0.4 is 4.74 Å². The molecule has 1 fully saturated rings. The number of aliphatic hydroxyl groups is 1. The number of benzene rings is 1. The number of ether oxygens (including phenoxy) is 1. The Morgan fingerprint density at radius 2 is 2.18 bits per heavy atom. The van der Waals surface area contributed by atoms with Crippen LogP contribution in [0.15, 0.2) is 18.2 Å². The van der Waals surface area contributed by atoms with Gasteiger partial charge in [0.05, 0.1) is 12.7 Å². The Kier molecular flexibility index (Phi) is 2.84. The first kappa shape index (κ1) is 11.9. The maximum absolute atomic E-state index is 9.31. The molecule has 90 valence electrons.